The van der Waals surface area contributed by atoms with Gasteiger partial charge in [0.1, 0.15) is 5.82 Å². The maximum atomic E-state index is 12.1. The summed E-state index contributed by atoms with van der Waals surface area (Å²) in [7, 11) is 7.88. The predicted octanol–water partition coefficient (Wildman–Crippen LogP) is 1.22. The molecule has 1 rings (SSSR count). The second-order valence-corrected chi connectivity index (χ2v) is 5.04. The molecule has 1 amide bonds. The van der Waals surface area contributed by atoms with Gasteiger partial charge in [-0.05, 0) is 45.6 Å². The summed E-state index contributed by atoms with van der Waals surface area (Å²) in [6, 6.07) is 3.59. The van der Waals surface area contributed by atoms with E-state index in [0.29, 0.717) is 17.9 Å². The third kappa shape index (κ3) is 5.26. The van der Waals surface area contributed by atoms with Crippen molar-refractivity contribution in [2.45, 2.75) is 12.8 Å². The van der Waals surface area contributed by atoms with Crippen LogP contribution in [-0.4, -0.2) is 57.1 Å². The monoisotopic (exact) mass is 264 g/mol. The van der Waals surface area contributed by atoms with E-state index in [1.165, 1.54) is 0 Å². The Kier molecular flexibility index (Phi) is 6.29. The van der Waals surface area contributed by atoms with Gasteiger partial charge in [-0.25, -0.2) is 4.98 Å². The maximum Gasteiger partial charge on any atom is 0.255 e. The Hall–Kier alpha value is -1.62. The van der Waals surface area contributed by atoms with Gasteiger partial charge < -0.3 is 15.1 Å². The van der Waals surface area contributed by atoms with Crippen LogP contribution in [0.1, 0.15) is 23.2 Å². The molecule has 0 aliphatic heterocycles. The number of amides is 1. The van der Waals surface area contributed by atoms with E-state index in [9.17, 15) is 4.79 Å². The summed E-state index contributed by atoms with van der Waals surface area (Å²) in [5, 5.41) is 2.94. The number of hydrogen-bond donors (Lipinski definition) is 1. The van der Waals surface area contributed by atoms with Gasteiger partial charge in [0, 0.05) is 26.8 Å². The van der Waals surface area contributed by atoms with Crippen LogP contribution in [0.3, 0.4) is 0 Å². The number of nitrogens with zero attached hydrogens (tertiary/aromatic N) is 3. The summed E-state index contributed by atoms with van der Waals surface area (Å²) in [6.45, 7) is 1.75. The normalized spacial score (nSPS) is 10.6. The van der Waals surface area contributed by atoms with Crippen LogP contribution in [0.4, 0.5) is 5.82 Å². The molecule has 0 aliphatic carbocycles. The van der Waals surface area contributed by atoms with E-state index in [1.807, 2.05) is 19.0 Å². The van der Waals surface area contributed by atoms with Crippen LogP contribution in [0.15, 0.2) is 18.3 Å². The van der Waals surface area contributed by atoms with E-state index in [1.54, 1.807) is 18.3 Å². The summed E-state index contributed by atoms with van der Waals surface area (Å²) in [6.07, 6.45) is 3.77. The number of unbranched alkanes of at least 4 members (excludes halogenated alkanes) is 1. The number of aromatic nitrogens is 1. The summed E-state index contributed by atoms with van der Waals surface area (Å²) in [5.41, 5.74) is 0.625. The molecule has 0 aliphatic rings. The summed E-state index contributed by atoms with van der Waals surface area (Å²) < 4.78 is 0. The zero-order chi connectivity index (χ0) is 14.3. The van der Waals surface area contributed by atoms with Crippen molar-refractivity contribution in [2.24, 2.45) is 0 Å². The van der Waals surface area contributed by atoms with Gasteiger partial charge in [-0.15, -0.1) is 0 Å². The molecule has 0 atom stereocenters. The fourth-order valence-corrected chi connectivity index (χ4v) is 1.78. The highest BCUT2D eigenvalue weighted by molar-refractivity contribution is 5.98. The van der Waals surface area contributed by atoms with E-state index in [2.05, 4.69) is 29.3 Å². The van der Waals surface area contributed by atoms with Gasteiger partial charge in [-0.1, -0.05) is 0 Å². The standard InChI is InChI=1S/C14H24N4O/c1-17(2)11-6-5-9-16-14(19)12-8-7-10-15-13(12)18(3)4/h7-8,10H,5-6,9,11H2,1-4H3,(H,16,19). The highest BCUT2D eigenvalue weighted by Gasteiger charge is 2.12. The van der Waals surface area contributed by atoms with Gasteiger partial charge in [0.25, 0.3) is 5.91 Å². The molecule has 5 heteroatoms. The van der Waals surface area contributed by atoms with Crippen molar-refractivity contribution < 1.29 is 4.79 Å². The molecule has 1 N–H and O–H groups in total. The van der Waals surface area contributed by atoms with Crippen molar-refractivity contribution in [2.75, 3.05) is 46.2 Å². The largest absolute Gasteiger partial charge is 0.362 e. The van der Waals surface area contributed by atoms with E-state index in [-0.39, 0.29) is 5.91 Å². The SMILES string of the molecule is CN(C)CCCCNC(=O)c1cccnc1N(C)C. The zero-order valence-electron chi connectivity index (χ0n) is 12.3. The molecule has 1 aromatic rings. The molecular formula is C14H24N4O. The second-order valence-electron chi connectivity index (χ2n) is 5.04. The molecule has 0 saturated carbocycles. The van der Waals surface area contributed by atoms with Gasteiger partial charge in [0.15, 0.2) is 0 Å². The van der Waals surface area contributed by atoms with Crippen molar-refractivity contribution >= 4 is 11.7 Å². The van der Waals surface area contributed by atoms with Gasteiger partial charge in [-0.2, -0.15) is 0 Å². The second kappa shape index (κ2) is 7.74. The van der Waals surface area contributed by atoms with Gasteiger partial charge in [-0.3, -0.25) is 4.79 Å². The lowest BCUT2D eigenvalue weighted by atomic mass is 10.2. The zero-order valence-corrected chi connectivity index (χ0v) is 12.3. The minimum absolute atomic E-state index is 0.0540. The van der Waals surface area contributed by atoms with Gasteiger partial charge in [0.05, 0.1) is 5.56 Å². The fourth-order valence-electron chi connectivity index (χ4n) is 1.78. The summed E-state index contributed by atoms with van der Waals surface area (Å²) in [4.78, 5) is 20.3. The van der Waals surface area contributed by atoms with Gasteiger partial charge in [0.2, 0.25) is 0 Å². The Bertz CT molecular complexity index is 404. The van der Waals surface area contributed by atoms with Crippen molar-refractivity contribution in [3.05, 3.63) is 23.9 Å². The van der Waals surface area contributed by atoms with Crippen LogP contribution in [0, 0.1) is 0 Å². The Morgan fingerprint density at radius 1 is 1.26 bits per heavy atom. The lowest BCUT2D eigenvalue weighted by Crippen LogP contribution is -2.27. The Morgan fingerprint density at radius 3 is 2.63 bits per heavy atom. The number of nitrogens with one attached hydrogen (secondary N) is 1. The summed E-state index contributed by atoms with van der Waals surface area (Å²) >= 11 is 0. The van der Waals surface area contributed by atoms with Crippen LogP contribution in [-0.2, 0) is 0 Å². The maximum absolute atomic E-state index is 12.1. The Balaban J connectivity index is 2.46. The molecule has 0 unspecified atom stereocenters. The average molecular weight is 264 g/mol. The van der Waals surface area contributed by atoms with Crippen molar-refractivity contribution in [1.29, 1.82) is 0 Å². The van der Waals surface area contributed by atoms with Crippen molar-refractivity contribution in [3.8, 4) is 0 Å². The van der Waals surface area contributed by atoms with E-state index in [0.717, 1.165) is 19.4 Å². The number of hydrogen-bond acceptors (Lipinski definition) is 4. The van der Waals surface area contributed by atoms with Crippen LogP contribution in [0.5, 0.6) is 0 Å². The third-order valence-electron chi connectivity index (χ3n) is 2.77. The molecule has 1 heterocycles. The van der Waals surface area contributed by atoms with Crippen molar-refractivity contribution in [3.63, 3.8) is 0 Å². The smallest absolute Gasteiger partial charge is 0.255 e. The van der Waals surface area contributed by atoms with Gasteiger partial charge >= 0.3 is 0 Å². The quantitative estimate of drug-likeness (QED) is 0.752. The first kappa shape index (κ1) is 15.4. The number of carbonyl (C=O) groups excluding carboxylic acids is 1. The van der Waals surface area contributed by atoms with Crippen LogP contribution >= 0.6 is 0 Å². The Labute approximate surface area is 115 Å². The number of rotatable bonds is 7. The average Bonchev–Trinajstić information content (AvgIpc) is 2.37. The lowest BCUT2D eigenvalue weighted by Gasteiger charge is -2.15. The molecule has 106 valence electrons. The van der Waals surface area contributed by atoms with E-state index in [4.69, 9.17) is 0 Å². The predicted molar refractivity (Wildman–Crippen MR) is 78.7 cm³/mol. The number of anilines is 1. The number of pyridine rings is 1. The first-order chi connectivity index (χ1) is 9.02. The molecule has 0 fully saturated rings. The topological polar surface area (TPSA) is 48.5 Å². The van der Waals surface area contributed by atoms with E-state index < -0.39 is 0 Å². The third-order valence-corrected chi connectivity index (χ3v) is 2.77. The fraction of sp³-hybridized carbons (Fsp3) is 0.571. The van der Waals surface area contributed by atoms with Crippen molar-refractivity contribution in [1.82, 2.24) is 15.2 Å². The highest BCUT2D eigenvalue weighted by Crippen LogP contribution is 2.13. The minimum atomic E-state index is -0.0540. The molecule has 1 aromatic heterocycles. The summed E-state index contributed by atoms with van der Waals surface area (Å²) in [5.74, 6) is 0.648. The van der Waals surface area contributed by atoms with Crippen LogP contribution < -0.4 is 10.2 Å². The molecular weight excluding hydrogens is 240 g/mol. The molecule has 19 heavy (non-hydrogen) atoms. The first-order valence-electron chi connectivity index (χ1n) is 6.57. The first-order valence-corrected chi connectivity index (χ1v) is 6.57. The van der Waals surface area contributed by atoms with Crippen LogP contribution in [0.2, 0.25) is 0 Å². The van der Waals surface area contributed by atoms with E-state index >= 15 is 0 Å². The molecule has 0 spiro atoms. The van der Waals surface area contributed by atoms with Crippen LogP contribution in [0.25, 0.3) is 0 Å². The number of carbonyl (C=O) groups is 1. The highest BCUT2D eigenvalue weighted by atomic mass is 16.1. The lowest BCUT2D eigenvalue weighted by molar-refractivity contribution is 0.0953. The molecule has 0 aromatic carbocycles. The Morgan fingerprint density at radius 2 is 2.00 bits per heavy atom. The molecule has 0 radical (unpaired) electrons. The minimum Gasteiger partial charge on any atom is -0.362 e. The molecule has 0 saturated heterocycles. The molecule has 5 nitrogen and oxygen atoms in total. The molecule has 0 bridgehead atoms.